The van der Waals surface area contributed by atoms with Gasteiger partial charge < -0.3 is 9.47 Å². The summed E-state index contributed by atoms with van der Waals surface area (Å²) in [5.74, 6) is 0. The van der Waals surface area contributed by atoms with E-state index in [0.29, 0.717) is 26.2 Å². The summed E-state index contributed by atoms with van der Waals surface area (Å²) in [5.41, 5.74) is 0. The molecule has 0 aliphatic rings. The summed E-state index contributed by atoms with van der Waals surface area (Å²) in [6, 6.07) is 0. The molecule has 102 valence electrons. The Hall–Kier alpha value is -0.880. The highest BCUT2D eigenvalue weighted by Gasteiger charge is 2.13. The van der Waals surface area contributed by atoms with Crippen LogP contribution in [0.4, 0.5) is 0 Å². The number of ether oxygens (including phenoxy) is 2. The summed E-state index contributed by atoms with van der Waals surface area (Å²) in [6.07, 6.45) is 3.50. The van der Waals surface area contributed by atoms with Crippen molar-refractivity contribution in [2.24, 2.45) is 0 Å². The maximum Gasteiger partial charge on any atom is 0.297 e. The fourth-order valence-corrected chi connectivity index (χ4v) is 1.15. The van der Waals surface area contributed by atoms with Gasteiger partial charge in [0, 0.05) is 19.6 Å². The molecule has 0 rings (SSSR count). The standard InChI is InChI=1S/C11H23NO5/c1-3-5-8-15-10-7-11(17-12(13)14)16-9-6-4-2/h11H,3-10H2,1-2H3. The molecule has 0 N–H and O–H groups in total. The second-order valence-corrected chi connectivity index (χ2v) is 3.74. The number of rotatable bonds is 12. The van der Waals surface area contributed by atoms with Gasteiger partial charge in [-0.05, 0) is 12.8 Å². The van der Waals surface area contributed by atoms with E-state index in [0.717, 1.165) is 25.7 Å². The van der Waals surface area contributed by atoms with Crippen LogP contribution in [0.15, 0.2) is 0 Å². The number of nitrogens with zero attached hydrogens (tertiary/aromatic N) is 1. The third kappa shape index (κ3) is 11.4. The molecule has 0 aromatic heterocycles. The molecule has 0 fully saturated rings. The SMILES string of the molecule is CCCCOCCC(OCCCC)O[N+](=O)[O-]. The molecule has 0 radical (unpaired) electrons. The topological polar surface area (TPSA) is 70.8 Å². The largest absolute Gasteiger partial charge is 0.381 e. The first-order valence-corrected chi connectivity index (χ1v) is 6.21. The molecule has 0 saturated heterocycles. The number of hydrogen-bond donors (Lipinski definition) is 0. The van der Waals surface area contributed by atoms with Crippen molar-refractivity contribution in [2.45, 2.75) is 52.2 Å². The van der Waals surface area contributed by atoms with Crippen molar-refractivity contribution >= 4 is 0 Å². The lowest BCUT2D eigenvalue weighted by atomic mass is 10.3. The Morgan fingerprint density at radius 3 is 2.35 bits per heavy atom. The van der Waals surface area contributed by atoms with E-state index in [-0.39, 0.29) is 0 Å². The Labute approximate surface area is 102 Å². The highest BCUT2D eigenvalue weighted by molar-refractivity contribution is 4.44. The average Bonchev–Trinajstić information content (AvgIpc) is 2.28. The summed E-state index contributed by atoms with van der Waals surface area (Å²) >= 11 is 0. The summed E-state index contributed by atoms with van der Waals surface area (Å²) < 4.78 is 10.6. The molecule has 1 atom stereocenters. The molecule has 0 saturated carbocycles. The Kier molecular flexibility index (Phi) is 11.0. The van der Waals surface area contributed by atoms with Gasteiger partial charge in [-0.1, -0.05) is 26.7 Å². The molecule has 0 aliphatic carbocycles. The Bertz CT molecular complexity index is 189. The molecular weight excluding hydrogens is 226 g/mol. The lowest BCUT2D eigenvalue weighted by Crippen LogP contribution is -2.23. The van der Waals surface area contributed by atoms with Crippen LogP contribution in [-0.4, -0.2) is 31.2 Å². The van der Waals surface area contributed by atoms with Crippen LogP contribution in [0.25, 0.3) is 0 Å². The zero-order valence-corrected chi connectivity index (χ0v) is 10.7. The second kappa shape index (κ2) is 11.6. The van der Waals surface area contributed by atoms with E-state index >= 15 is 0 Å². The summed E-state index contributed by atoms with van der Waals surface area (Å²) in [5, 5.41) is 9.42. The predicted octanol–water partition coefficient (Wildman–Crippen LogP) is 2.54. The van der Waals surface area contributed by atoms with Crippen LogP contribution in [0.5, 0.6) is 0 Å². The van der Waals surface area contributed by atoms with E-state index < -0.39 is 11.4 Å². The fourth-order valence-electron chi connectivity index (χ4n) is 1.15. The van der Waals surface area contributed by atoms with Crippen molar-refractivity contribution in [3.63, 3.8) is 0 Å². The van der Waals surface area contributed by atoms with E-state index in [4.69, 9.17) is 9.47 Å². The molecule has 0 amide bonds. The minimum atomic E-state index is -0.817. The number of unbranched alkanes of at least 4 members (excludes halogenated alkanes) is 2. The average molecular weight is 249 g/mol. The summed E-state index contributed by atoms with van der Waals surface area (Å²) in [4.78, 5) is 14.7. The molecular formula is C11H23NO5. The molecule has 0 heterocycles. The number of hydrogen-bond acceptors (Lipinski definition) is 5. The van der Waals surface area contributed by atoms with E-state index in [1.54, 1.807) is 0 Å². The normalized spacial score (nSPS) is 12.4. The highest BCUT2D eigenvalue weighted by Crippen LogP contribution is 2.04. The zero-order chi connectivity index (χ0) is 12.9. The van der Waals surface area contributed by atoms with Gasteiger partial charge in [0.2, 0.25) is 6.29 Å². The van der Waals surface area contributed by atoms with Crippen molar-refractivity contribution < 1.29 is 19.4 Å². The van der Waals surface area contributed by atoms with Gasteiger partial charge >= 0.3 is 0 Å². The smallest absolute Gasteiger partial charge is 0.297 e. The van der Waals surface area contributed by atoms with E-state index in [1.807, 2.05) is 6.92 Å². The maximum absolute atomic E-state index is 10.2. The van der Waals surface area contributed by atoms with Crippen LogP contribution >= 0.6 is 0 Å². The summed E-state index contributed by atoms with van der Waals surface area (Å²) in [7, 11) is 0. The third-order valence-corrected chi connectivity index (χ3v) is 2.15. The lowest BCUT2D eigenvalue weighted by Gasteiger charge is -2.15. The first-order chi connectivity index (χ1) is 8.20. The minimum absolute atomic E-state index is 0.383. The first kappa shape index (κ1) is 16.1. The van der Waals surface area contributed by atoms with E-state index in [1.165, 1.54) is 0 Å². The lowest BCUT2D eigenvalue weighted by molar-refractivity contribution is -0.781. The Morgan fingerprint density at radius 2 is 1.76 bits per heavy atom. The van der Waals surface area contributed by atoms with Gasteiger partial charge in [0.25, 0.3) is 5.09 Å². The van der Waals surface area contributed by atoms with Crippen molar-refractivity contribution in [3.05, 3.63) is 10.1 Å². The van der Waals surface area contributed by atoms with Crippen LogP contribution in [0.3, 0.4) is 0 Å². The molecule has 17 heavy (non-hydrogen) atoms. The first-order valence-electron chi connectivity index (χ1n) is 6.21. The fraction of sp³-hybridized carbons (Fsp3) is 1.00. The van der Waals surface area contributed by atoms with Gasteiger partial charge in [-0.3, -0.25) is 4.84 Å². The molecule has 0 aromatic carbocycles. The predicted molar refractivity (Wildman–Crippen MR) is 63.1 cm³/mol. The van der Waals surface area contributed by atoms with Crippen molar-refractivity contribution in [1.82, 2.24) is 0 Å². The molecule has 0 bridgehead atoms. The van der Waals surface area contributed by atoms with Gasteiger partial charge in [0.05, 0.1) is 6.61 Å². The van der Waals surface area contributed by atoms with Crippen molar-refractivity contribution in [2.75, 3.05) is 19.8 Å². The van der Waals surface area contributed by atoms with E-state index in [2.05, 4.69) is 11.8 Å². The molecule has 0 aromatic rings. The van der Waals surface area contributed by atoms with Gasteiger partial charge in [-0.2, -0.15) is 0 Å². The quantitative estimate of drug-likeness (QED) is 0.230. The Morgan fingerprint density at radius 1 is 1.12 bits per heavy atom. The molecule has 1 unspecified atom stereocenters. The van der Waals surface area contributed by atoms with Crippen LogP contribution in [0.2, 0.25) is 0 Å². The molecule has 0 aliphatic heterocycles. The monoisotopic (exact) mass is 249 g/mol. The second-order valence-electron chi connectivity index (χ2n) is 3.74. The van der Waals surface area contributed by atoms with Crippen LogP contribution in [0.1, 0.15) is 46.0 Å². The third-order valence-electron chi connectivity index (χ3n) is 2.15. The molecule has 6 heteroatoms. The summed E-state index contributed by atoms with van der Waals surface area (Å²) in [6.45, 7) is 5.68. The highest BCUT2D eigenvalue weighted by atomic mass is 17.0. The van der Waals surface area contributed by atoms with Crippen molar-refractivity contribution in [1.29, 1.82) is 0 Å². The minimum Gasteiger partial charge on any atom is -0.381 e. The maximum atomic E-state index is 10.2. The van der Waals surface area contributed by atoms with Crippen LogP contribution < -0.4 is 0 Å². The van der Waals surface area contributed by atoms with Gasteiger partial charge in [-0.25, -0.2) is 0 Å². The zero-order valence-electron chi connectivity index (χ0n) is 10.7. The van der Waals surface area contributed by atoms with Crippen molar-refractivity contribution in [3.8, 4) is 0 Å². The Balaban J connectivity index is 3.65. The van der Waals surface area contributed by atoms with Gasteiger partial charge in [0.1, 0.15) is 0 Å². The van der Waals surface area contributed by atoms with Gasteiger partial charge in [0.15, 0.2) is 0 Å². The molecule has 6 nitrogen and oxygen atoms in total. The van der Waals surface area contributed by atoms with E-state index in [9.17, 15) is 10.1 Å². The van der Waals surface area contributed by atoms with Crippen LogP contribution in [-0.2, 0) is 14.3 Å². The molecule has 0 spiro atoms. The van der Waals surface area contributed by atoms with Crippen LogP contribution in [0, 0.1) is 10.1 Å². The van der Waals surface area contributed by atoms with Gasteiger partial charge in [-0.15, -0.1) is 10.1 Å².